The number of hydrogen-bond donors (Lipinski definition) is 0. The Balaban J connectivity index is 2.18. The molecule has 0 saturated carbocycles. The monoisotopic (exact) mass is 266 g/mol. The van der Waals surface area contributed by atoms with Crippen molar-refractivity contribution in [2.24, 2.45) is 0 Å². The predicted molar refractivity (Wildman–Crippen MR) is 76.3 cm³/mol. The van der Waals surface area contributed by atoms with E-state index in [0.717, 1.165) is 26.5 Å². The number of nitrogens with zero attached hydrogens (tertiary/aromatic N) is 2. The average molecular weight is 266 g/mol. The van der Waals surface area contributed by atoms with E-state index in [1.807, 2.05) is 36.4 Å². The second-order valence-electron chi connectivity index (χ2n) is 4.01. The number of rotatable bonds is 2. The lowest BCUT2D eigenvalue weighted by molar-refractivity contribution is 0.416. The number of thiazole rings is 1. The third kappa shape index (κ3) is 2.05. The molecule has 0 N–H and O–H groups in total. The van der Waals surface area contributed by atoms with Crippen molar-refractivity contribution in [3.05, 3.63) is 48.0 Å². The molecule has 3 rings (SSSR count). The summed E-state index contributed by atoms with van der Waals surface area (Å²) >= 11 is 1.57. The number of methoxy groups -OCH3 is 1. The molecule has 0 saturated heterocycles. The molecule has 3 nitrogen and oxygen atoms in total. The maximum Gasteiger partial charge on any atom is 0.129 e. The summed E-state index contributed by atoms with van der Waals surface area (Å²) in [5.41, 5.74) is 2.54. The van der Waals surface area contributed by atoms with Crippen molar-refractivity contribution < 1.29 is 4.74 Å². The molecule has 3 aromatic rings. The minimum absolute atomic E-state index is 0.655. The molecule has 1 aromatic heterocycles. The van der Waals surface area contributed by atoms with E-state index >= 15 is 0 Å². The average Bonchev–Trinajstić information content (AvgIpc) is 2.89. The zero-order valence-corrected chi connectivity index (χ0v) is 11.1. The van der Waals surface area contributed by atoms with E-state index in [9.17, 15) is 0 Å². The number of fused-ring (bicyclic) bond motifs is 1. The molecule has 0 unspecified atom stereocenters. The molecule has 0 bridgehead atoms. The van der Waals surface area contributed by atoms with Gasteiger partial charge in [-0.15, -0.1) is 11.3 Å². The van der Waals surface area contributed by atoms with Crippen LogP contribution < -0.4 is 4.74 Å². The summed E-state index contributed by atoms with van der Waals surface area (Å²) in [5.74, 6) is 0.807. The Hall–Kier alpha value is -2.38. The Morgan fingerprint density at radius 1 is 1.21 bits per heavy atom. The molecule has 0 aliphatic rings. The first kappa shape index (κ1) is 11.7. The van der Waals surface area contributed by atoms with Crippen LogP contribution in [-0.2, 0) is 0 Å². The number of ether oxygens (including phenoxy) is 1. The highest BCUT2D eigenvalue weighted by Gasteiger charge is 2.10. The molecule has 19 heavy (non-hydrogen) atoms. The Morgan fingerprint density at radius 3 is 2.84 bits per heavy atom. The van der Waals surface area contributed by atoms with Crippen LogP contribution in [0.1, 0.15) is 5.56 Å². The minimum atomic E-state index is 0.655. The highest BCUT2D eigenvalue weighted by atomic mass is 32.1. The van der Waals surface area contributed by atoms with Crippen molar-refractivity contribution in [2.75, 3.05) is 7.11 Å². The smallest absolute Gasteiger partial charge is 0.129 e. The highest BCUT2D eigenvalue weighted by Crippen LogP contribution is 2.35. The molecule has 0 aliphatic carbocycles. The standard InChI is InChI=1S/C15H10N2OS/c1-18-13-5-3-2-4-11(13)15-17-12-7-6-10(9-16)8-14(12)19-15/h2-8H,1H3. The van der Waals surface area contributed by atoms with Crippen LogP contribution in [0.3, 0.4) is 0 Å². The van der Waals surface area contributed by atoms with Gasteiger partial charge in [-0.05, 0) is 30.3 Å². The van der Waals surface area contributed by atoms with Gasteiger partial charge in [0.25, 0.3) is 0 Å². The fraction of sp³-hybridized carbons (Fsp3) is 0.0667. The van der Waals surface area contributed by atoms with E-state index in [0.29, 0.717) is 5.56 Å². The lowest BCUT2D eigenvalue weighted by Gasteiger charge is -2.04. The van der Waals surface area contributed by atoms with Crippen molar-refractivity contribution in [1.82, 2.24) is 4.98 Å². The van der Waals surface area contributed by atoms with Gasteiger partial charge in [-0.2, -0.15) is 5.26 Å². The normalized spacial score (nSPS) is 10.3. The third-order valence-corrected chi connectivity index (χ3v) is 3.91. The zero-order valence-electron chi connectivity index (χ0n) is 10.3. The molecule has 2 aromatic carbocycles. The lowest BCUT2D eigenvalue weighted by atomic mass is 10.2. The first-order valence-electron chi connectivity index (χ1n) is 5.76. The van der Waals surface area contributed by atoms with Gasteiger partial charge in [0.1, 0.15) is 10.8 Å². The van der Waals surface area contributed by atoms with Crippen molar-refractivity contribution in [1.29, 1.82) is 5.26 Å². The van der Waals surface area contributed by atoms with Crippen molar-refractivity contribution in [2.45, 2.75) is 0 Å². The quantitative estimate of drug-likeness (QED) is 0.708. The maximum atomic E-state index is 8.92. The number of nitriles is 1. The summed E-state index contributed by atoms with van der Waals surface area (Å²) < 4.78 is 6.37. The molecule has 0 atom stereocenters. The van der Waals surface area contributed by atoms with Gasteiger partial charge in [0.15, 0.2) is 0 Å². The molecule has 4 heteroatoms. The van der Waals surface area contributed by atoms with E-state index in [-0.39, 0.29) is 0 Å². The second kappa shape index (κ2) is 4.71. The number of para-hydroxylation sites is 1. The van der Waals surface area contributed by atoms with Gasteiger partial charge in [0.05, 0.1) is 34.5 Å². The molecule has 0 spiro atoms. The van der Waals surface area contributed by atoms with Crippen molar-refractivity contribution in [3.8, 4) is 22.4 Å². The molecule has 1 heterocycles. The van der Waals surface area contributed by atoms with Gasteiger partial charge >= 0.3 is 0 Å². The second-order valence-corrected chi connectivity index (χ2v) is 5.04. The van der Waals surface area contributed by atoms with Crippen molar-refractivity contribution in [3.63, 3.8) is 0 Å². The summed E-state index contributed by atoms with van der Waals surface area (Å²) in [6, 6.07) is 15.5. The topological polar surface area (TPSA) is 45.9 Å². The number of benzene rings is 2. The fourth-order valence-electron chi connectivity index (χ4n) is 1.93. The Kier molecular flexibility index (Phi) is 2.90. The van der Waals surface area contributed by atoms with E-state index in [4.69, 9.17) is 10.00 Å². The maximum absolute atomic E-state index is 8.92. The fourth-order valence-corrected chi connectivity index (χ4v) is 2.97. The molecule has 0 amide bonds. The minimum Gasteiger partial charge on any atom is -0.496 e. The summed E-state index contributed by atoms with van der Waals surface area (Å²) in [4.78, 5) is 4.60. The van der Waals surface area contributed by atoms with E-state index in [1.165, 1.54) is 0 Å². The highest BCUT2D eigenvalue weighted by molar-refractivity contribution is 7.21. The van der Waals surface area contributed by atoms with Crippen LogP contribution in [0, 0.1) is 11.3 Å². The van der Waals surface area contributed by atoms with Gasteiger partial charge in [0.2, 0.25) is 0 Å². The van der Waals surface area contributed by atoms with Gasteiger partial charge in [-0.1, -0.05) is 12.1 Å². The van der Waals surface area contributed by atoms with Gasteiger partial charge < -0.3 is 4.74 Å². The molecular weight excluding hydrogens is 256 g/mol. The zero-order chi connectivity index (χ0) is 13.2. The van der Waals surface area contributed by atoms with E-state index < -0.39 is 0 Å². The van der Waals surface area contributed by atoms with Crippen LogP contribution >= 0.6 is 11.3 Å². The van der Waals surface area contributed by atoms with Crippen LogP contribution in [-0.4, -0.2) is 12.1 Å². The largest absolute Gasteiger partial charge is 0.496 e. The van der Waals surface area contributed by atoms with Crippen molar-refractivity contribution >= 4 is 21.6 Å². The predicted octanol–water partition coefficient (Wildman–Crippen LogP) is 3.84. The van der Waals surface area contributed by atoms with Gasteiger partial charge in [-0.25, -0.2) is 4.98 Å². The van der Waals surface area contributed by atoms with E-state index in [2.05, 4.69) is 11.1 Å². The molecule has 0 fully saturated rings. The summed E-state index contributed by atoms with van der Waals surface area (Å²) in [6.07, 6.45) is 0. The summed E-state index contributed by atoms with van der Waals surface area (Å²) in [7, 11) is 1.65. The molecule has 0 radical (unpaired) electrons. The number of aromatic nitrogens is 1. The van der Waals surface area contributed by atoms with Crippen LogP contribution in [0.5, 0.6) is 5.75 Å². The van der Waals surface area contributed by atoms with Gasteiger partial charge in [-0.3, -0.25) is 0 Å². The third-order valence-electron chi connectivity index (χ3n) is 2.85. The first-order valence-corrected chi connectivity index (χ1v) is 6.57. The SMILES string of the molecule is COc1ccccc1-c1nc2ccc(C#N)cc2s1. The summed E-state index contributed by atoms with van der Waals surface area (Å²) in [5, 5.41) is 9.82. The molecular formula is C15H10N2OS. The lowest BCUT2D eigenvalue weighted by Crippen LogP contribution is -1.86. The van der Waals surface area contributed by atoms with Crippen LogP contribution in [0.4, 0.5) is 0 Å². The Bertz CT molecular complexity index is 786. The Morgan fingerprint density at radius 2 is 2.05 bits per heavy atom. The Labute approximate surface area is 114 Å². The molecule has 0 aliphatic heterocycles. The van der Waals surface area contributed by atoms with Crippen LogP contribution in [0.15, 0.2) is 42.5 Å². The number of hydrogen-bond acceptors (Lipinski definition) is 4. The van der Waals surface area contributed by atoms with Crippen LogP contribution in [0.25, 0.3) is 20.8 Å². The molecule has 92 valence electrons. The first-order chi connectivity index (χ1) is 9.31. The summed E-state index contributed by atoms with van der Waals surface area (Å²) in [6.45, 7) is 0. The van der Waals surface area contributed by atoms with Gasteiger partial charge in [0, 0.05) is 0 Å². The van der Waals surface area contributed by atoms with Crippen LogP contribution in [0.2, 0.25) is 0 Å². The van der Waals surface area contributed by atoms with E-state index in [1.54, 1.807) is 24.5 Å².